The van der Waals surface area contributed by atoms with E-state index in [4.69, 9.17) is 16.5 Å². The lowest BCUT2D eigenvalue weighted by atomic mass is 10.0. The van der Waals surface area contributed by atoms with Crippen LogP contribution in [0.1, 0.15) is 38.5 Å². The maximum Gasteiger partial charge on any atom is 0.411 e. The first-order chi connectivity index (χ1) is 14.5. The fraction of sp³-hybridized carbons (Fsp3) is 0.591. The standard InChI is InChI=1S/C22H27ClN4O3/c23-27(14-21(28)26-8-4-7-18(26)13-24)19-9-15-11-20(12-16(15)10-19)30-22(29)25-17-5-2-1-3-6-17/h1-3,5-6,15-16,18-20H,4,7-12,14H2,(H,25,29)/t15-,16+,18-,19?,20+/m0/s1. The highest BCUT2D eigenvalue weighted by atomic mass is 35.5. The third-order valence-electron chi connectivity index (χ3n) is 6.65. The highest BCUT2D eigenvalue weighted by Gasteiger charge is 2.45. The smallest absolute Gasteiger partial charge is 0.411 e. The summed E-state index contributed by atoms with van der Waals surface area (Å²) in [7, 11) is 0. The summed E-state index contributed by atoms with van der Waals surface area (Å²) in [6.07, 6.45) is 4.62. The summed E-state index contributed by atoms with van der Waals surface area (Å²) in [6, 6.07) is 11.3. The topological polar surface area (TPSA) is 85.7 Å². The van der Waals surface area contributed by atoms with Crippen molar-refractivity contribution in [2.45, 2.75) is 56.7 Å². The van der Waals surface area contributed by atoms with Crippen LogP contribution in [0.4, 0.5) is 10.5 Å². The van der Waals surface area contributed by atoms with Crippen LogP contribution in [0.15, 0.2) is 30.3 Å². The molecule has 1 N–H and O–H groups in total. The molecule has 1 aliphatic heterocycles. The first-order valence-electron chi connectivity index (χ1n) is 10.7. The van der Waals surface area contributed by atoms with Crippen molar-refractivity contribution in [1.29, 1.82) is 5.26 Å². The van der Waals surface area contributed by atoms with E-state index < -0.39 is 6.09 Å². The van der Waals surface area contributed by atoms with Crippen LogP contribution in [-0.4, -0.2) is 52.6 Å². The first-order valence-corrected chi connectivity index (χ1v) is 11.0. The number of amides is 2. The number of para-hydroxylation sites is 1. The highest BCUT2D eigenvalue weighted by molar-refractivity contribution is 6.14. The summed E-state index contributed by atoms with van der Waals surface area (Å²) in [5.74, 6) is 0.851. The minimum Gasteiger partial charge on any atom is -0.446 e. The van der Waals surface area contributed by atoms with Crippen LogP contribution in [0.2, 0.25) is 0 Å². The molecule has 1 unspecified atom stereocenters. The molecule has 1 heterocycles. The Hall–Kier alpha value is -2.30. The van der Waals surface area contributed by atoms with E-state index in [1.807, 2.05) is 30.3 Å². The molecule has 0 spiro atoms. The number of ether oxygens (including phenoxy) is 1. The molecule has 3 aliphatic rings. The average molecular weight is 431 g/mol. The molecule has 5 atom stereocenters. The lowest BCUT2D eigenvalue weighted by Crippen LogP contribution is -2.42. The predicted octanol–water partition coefficient (Wildman–Crippen LogP) is 3.76. The van der Waals surface area contributed by atoms with Gasteiger partial charge >= 0.3 is 6.09 Å². The Morgan fingerprint density at radius 2 is 1.90 bits per heavy atom. The van der Waals surface area contributed by atoms with E-state index in [2.05, 4.69) is 11.4 Å². The third-order valence-corrected chi connectivity index (χ3v) is 7.04. The van der Waals surface area contributed by atoms with Crippen molar-refractivity contribution in [3.05, 3.63) is 30.3 Å². The fourth-order valence-corrected chi connectivity index (χ4v) is 5.48. The van der Waals surface area contributed by atoms with Crippen molar-refractivity contribution >= 4 is 29.5 Å². The molecule has 2 saturated carbocycles. The molecule has 1 aromatic carbocycles. The van der Waals surface area contributed by atoms with Crippen LogP contribution in [-0.2, 0) is 9.53 Å². The Balaban J connectivity index is 1.22. The summed E-state index contributed by atoms with van der Waals surface area (Å²) in [6.45, 7) is 0.783. The van der Waals surface area contributed by atoms with E-state index in [9.17, 15) is 14.9 Å². The number of anilines is 1. The number of hydrogen-bond donors (Lipinski definition) is 1. The second kappa shape index (κ2) is 9.23. The Labute approximate surface area is 182 Å². The number of rotatable bonds is 5. The number of hydrogen-bond acceptors (Lipinski definition) is 5. The van der Waals surface area contributed by atoms with Gasteiger partial charge in [0, 0.05) is 18.3 Å². The molecule has 1 saturated heterocycles. The van der Waals surface area contributed by atoms with Gasteiger partial charge in [0.1, 0.15) is 12.1 Å². The molecule has 2 aliphatic carbocycles. The summed E-state index contributed by atoms with van der Waals surface area (Å²) >= 11 is 6.48. The zero-order valence-corrected chi connectivity index (χ0v) is 17.6. The Kier molecular flexibility index (Phi) is 6.45. The van der Waals surface area contributed by atoms with Gasteiger partial charge in [0.05, 0.1) is 12.6 Å². The van der Waals surface area contributed by atoms with Gasteiger partial charge in [0.15, 0.2) is 0 Å². The second-order valence-corrected chi connectivity index (χ2v) is 9.00. The maximum absolute atomic E-state index is 12.5. The monoisotopic (exact) mass is 430 g/mol. The second-order valence-electron chi connectivity index (χ2n) is 8.57. The number of benzene rings is 1. The molecule has 0 radical (unpaired) electrons. The van der Waals surface area contributed by atoms with Crippen LogP contribution in [0.25, 0.3) is 0 Å². The molecule has 8 heteroatoms. The molecule has 3 fully saturated rings. The average Bonchev–Trinajstić information content (AvgIpc) is 3.43. The summed E-state index contributed by atoms with van der Waals surface area (Å²) in [5, 5.41) is 11.9. The van der Waals surface area contributed by atoms with Crippen LogP contribution < -0.4 is 5.32 Å². The van der Waals surface area contributed by atoms with Crippen LogP contribution in [0.3, 0.4) is 0 Å². The van der Waals surface area contributed by atoms with E-state index in [1.54, 1.807) is 9.32 Å². The Bertz CT molecular complexity index is 800. The van der Waals surface area contributed by atoms with Crippen molar-refractivity contribution in [2.75, 3.05) is 18.4 Å². The van der Waals surface area contributed by atoms with Crippen molar-refractivity contribution in [3.8, 4) is 6.07 Å². The van der Waals surface area contributed by atoms with E-state index >= 15 is 0 Å². The summed E-state index contributed by atoms with van der Waals surface area (Å²) < 4.78 is 7.25. The van der Waals surface area contributed by atoms with Gasteiger partial charge in [-0.3, -0.25) is 10.1 Å². The van der Waals surface area contributed by atoms with Gasteiger partial charge in [-0.05, 0) is 74.3 Å². The lowest BCUT2D eigenvalue weighted by molar-refractivity contribution is -0.131. The molecular formula is C22H27ClN4O3. The quantitative estimate of drug-likeness (QED) is 0.719. The molecule has 0 bridgehead atoms. The SMILES string of the molecule is N#C[C@@H]1CCCN1C(=O)CN(Cl)C1C[C@@H]2C[C@H](OC(=O)Nc3ccccc3)C[C@@H]2C1. The molecule has 2 amide bonds. The van der Waals surface area contributed by atoms with E-state index in [0.29, 0.717) is 18.4 Å². The number of carbonyl (C=O) groups is 2. The van der Waals surface area contributed by atoms with Crippen LogP contribution in [0, 0.1) is 23.2 Å². The van der Waals surface area contributed by atoms with Crippen molar-refractivity contribution < 1.29 is 14.3 Å². The van der Waals surface area contributed by atoms with Gasteiger partial charge in [0.2, 0.25) is 5.91 Å². The fourth-order valence-electron chi connectivity index (χ4n) is 5.22. The van der Waals surface area contributed by atoms with Gasteiger partial charge in [-0.1, -0.05) is 18.2 Å². The molecule has 0 aromatic heterocycles. The summed E-state index contributed by atoms with van der Waals surface area (Å²) in [4.78, 5) is 26.3. The molecular weight excluding hydrogens is 404 g/mol. The molecule has 1 aromatic rings. The minimum absolute atomic E-state index is 0.0649. The van der Waals surface area contributed by atoms with Gasteiger partial charge in [-0.25, -0.2) is 9.21 Å². The number of likely N-dealkylation sites (tertiary alicyclic amines) is 1. The van der Waals surface area contributed by atoms with Crippen LogP contribution in [0.5, 0.6) is 0 Å². The van der Waals surface area contributed by atoms with E-state index in [1.165, 1.54) is 0 Å². The van der Waals surface area contributed by atoms with Crippen molar-refractivity contribution in [2.24, 2.45) is 11.8 Å². The molecule has 4 rings (SSSR count). The highest BCUT2D eigenvalue weighted by Crippen LogP contribution is 2.47. The molecule has 160 valence electrons. The Morgan fingerprint density at radius 3 is 2.57 bits per heavy atom. The molecule has 7 nitrogen and oxygen atoms in total. The van der Waals surface area contributed by atoms with Crippen LogP contribution >= 0.6 is 11.8 Å². The van der Waals surface area contributed by atoms with Crippen molar-refractivity contribution in [3.63, 3.8) is 0 Å². The number of nitriles is 1. The largest absolute Gasteiger partial charge is 0.446 e. The normalized spacial score (nSPS) is 30.2. The third kappa shape index (κ3) is 4.71. The van der Waals surface area contributed by atoms with Gasteiger partial charge in [-0.15, -0.1) is 0 Å². The minimum atomic E-state index is -0.412. The van der Waals surface area contributed by atoms with Gasteiger partial charge < -0.3 is 9.64 Å². The first kappa shape index (κ1) is 21.0. The number of halogens is 1. The summed E-state index contributed by atoms with van der Waals surface area (Å²) in [5.41, 5.74) is 0.722. The zero-order valence-electron chi connectivity index (χ0n) is 16.9. The predicted molar refractivity (Wildman–Crippen MR) is 112 cm³/mol. The van der Waals surface area contributed by atoms with Gasteiger partial charge in [-0.2, -0.15) is 5.26 Å². The number of fused-ring (bicyclic) bond motifs is 1. The zero-order chi connectivity index (χ0) is 21.1. The number of carbonyl (C=O) groups excluding carboxylic acids is 2. The maximum atomic E-state index is 12.5. The number of nitrogens with one attached hydrogen (secondary N) is 1. The van der Waals surface area contributed by atoms with Crippen molar-refractivity contribution in [1.82, 2.24) is 9.32 Å². The number of nitrogens with zero attached hydrogens (tertiary/aromatic N) is 3. The lowest BCUT2D eigenvalue weighted by Gasteiger charge is -2.26. The van der Waals surface area contributed by atoms with E-state index in [-0.39, 0.29) is 30.6 Å². The van der Waals surface area contributed by atoms with E-state index in [0.717, 1.165) is 44.2 Å². The Morgan fingerprint density at radius 1 is 1.20 bits per heavy atom. The van der Waals surface area contributed by atoms with Gasteiger partial charge in [0.25, 0.3) is 0 Å². The molecule has 30 heavy (non-hydrogen) atoms.